The molecule has 10 heteroatoms. The van der Waals surface area contributed by atoms with E-state index in [0.717, 1.165) is 34.2 Å². The molecule has 0 unspecified atom stereocenters. The number of rotatable bonds is 7. The van der Waals surface area contributed by atoms with E-state index < -0.39 is 11.7 Å². The molecule has 1 heterocycles. The molecule has 6 nitrogen and oxygen atoms in total. The number of hydrogen-bond acceptors (Lipinski definition) is 6. The summed E-state index contributed by atoms with van der Waals surface area (Å²) in [5, 5.41) is 10.8. The van der Waals surface area contributed by atoms with Crippen LogP contribution in [0.15, 0.2) is 71.1 Å². The van der Waals surface area contributed by atoms with Gasteiger partial charge in [0.25, 0.3) is 0 Å². The van der Waals surface area contributed by atoms with Crippen molar-refractivity contribution >= 4 is 45.0 Å². The number of ether oxygens (including phenoxy) is 1. The first-order valence-electron chi connectivity index (χ1n) is 10.1. The van der Waals surface area contributed by atoms with Crippen LogP contribution in [0.2, 0.25) is 0 Å². The summed E-state index contributed by atoms with van der Waals surface area (Å²) in [4.78, 5) is 16.5. The van der Waals surface area contributed by atoms with Crippen molar-refractivity contribution in [3.63, 3.8) is 0 Å². The van der Waals surface area contributed by atoms with Crippen LogP contribution in [0.3, 0.4) is 0 Å². The smallest absolute Gasteiger partial charge is 0.416 e. The highest BCUT2D eigenvalue weighted by atomic mass is 32.1. The average Bonchev–Trinajstić information content (AvgIpc) is 3.25. The van der Waals surface area contributed by atoms with E-state index in [1.165, 1.54) is 23.5 Å². The minimum absolute atomic E-state index is 0.0263. The monoisotopic (exact) mass is 484 g/mol. The third-order valence-electron chi connectivity index (χ3n) is 4.87. The van der Waals surface area contributed by atoms with Crippen LogP contribution in [-0.2, 0) is 17.4 Å². The van der Waals surface area contributed by atoms with E-state index >= 15 is 0 Å². The molecule has 0 fully saturated rings. The highest BCUT2D eigenvalue weighted by Crippen LogP contribution is 2.32. The number of thiazole rings is 1. The summed E-state index contributed by atoms with van der Waals surface area (Å²) >= 11 is 1.19. The fraction of sp³-hybridized carbons (Fsp3) is 0.125. The van der Waals surface area contributed by atoms with Crippen LogP contribution >= 0.6 is 11.3 Å². The Balaban J connectivity index is 1.37. The van der Waals surface area contributed by atoms with Crippen molar-refractivity contribution in [2.45, 2.75) is 12.6 Å². The van der Waals surface area contributed by atoms with E-state index in [4.69, 9.17) is 4.74 Å². The maximum atomic E-state index is 12.9. The number of carbonyl (C=O) groups excluding carboxylic acids is 1. The normalized spacial score (nSPS) is 11.6. The molecule has 0 spiro atoms. The second-order valence-corrected chi connectivity index (χ2v) is 8.08. The molecular weight excluding hydrogens is 465 g/mol. The largest absolute Gasteiger partial charge is 0.496 e. The SMILES string of the molecule is COc1ccc(/C=N\NC(=O)Cc2csc(Nc3cccc(C(F)(F)F)c3)n2)c2ccccc12. The molecule has 0 aliphatic carbocycles. The van der Waals surface area contributed by atoms with E-state index in [-0.39, 0.29) is 18.0 Å². The Morgan fingerprint density at radius 3 is 2.68 bits per heavy atom. The Kier molecular flexibility index (Phi) is 6.78. The van der Waals surface area contributed by atoms with Gasteiger partial charge in [-0.3, -0.25) is 4.79 Å². The zero-order chi connectivity index (χ0) is 24.1. The van der Waals surface area contributed by atoms with Crippen LogP contribution in [0.5, 0.6) is 5.75 Å². The molecule has 34 heavy (non-hydrogen) atoms. The summed E-state index contributed by atoms with van der Waals surface area (Å²) in [6.07, 6.45) is -2.90. The number of benzene rings is 3. The number of carbonyl (C=O) groups is 1. The van der Waals surface area contributed by atoms with E-state index in [1.807, 2.05) is 36.4 Å². The van der Waals surface area contributed by atoms with Crippen molar-refractivity contribution in [3.8, 4) is 5.75 Å². The molecule has 0 aliphatic rings. The van der Waals surface area contributed by atoms with E-state index in [9.17, 15) is 18.0 Å². The second-order valence-electron chi connectivity index (χ2n) is 7.22. The highest BCUT2D eigenvalue weighted by molar-refractivity contribution is 7.13. The van der Waals surface area contributed by atoms with Crippen LogP contribution in [0.4, 0.5) is 24.0 Å². The molecule has 1 amide bonds. The zero-order valence-electron chi connectivity index (χ0n) is 17.9. The molecule has 174 valence electrons. The number of aromatic nitrogens is 1. The lowest BCUT2D eigenvalue weighted by molar-refractivity contribution is -0.137. The Bertz CT molecular complexity index is 1350. The maximum absolute atomic E-state index is 12.9. The number of alkyl halides is 3. The average molecular weight is 485 g/mol. The van der Waals surface area contributed by atoms with Crippen molar-refractivity contribution in [2.75, 3.05) is 12.4 Å². The van der Waals surface area contributed by atoms with Gasteiger partial charge < -0.3 is 10.1 Å². The van der Waals surface area contributed by atoms with Gasteiger partial charge in [-0.2, -0.15) is 18.3 Å². The van der Waals surface area contributed by atoms with Gasteiger partial charge in [-0.1, -0.05) is 30.3 Å². The molecule has 0 atom stereocenters. The predicted molar refractivity (Wildman–Crippen MR) is 127 cm³/mol. The molecule has 0 saturated carbocycles. The Hall–Kier alpha value is -3.92. The molecule has 3 aromatic carbocycles. The van der Waals surface area contributed by atoms with E-state index in [0.29, 0.717) is 10.8 Å². The van der Waals surface area contributed by atoms with Crippen molar-refractivity contribution in [1.29, 1.82) is 0 Å². The van der Waals surface area contributed by atoms with E-state index in [2.05, 4.69) is 20.8 Å². The number of methoxy groups -OCH3 is 1. The Morgan fingerprint density at radius 1 is 1.12 bits per heavy atom. The van der Waals surface area contributed by atoms with Crippen LogP contribution in [0, 0.1) is 0 Å². The number of nitrogens with one attached hydrogen (secondary N) is 2. The molecule has 0 bridgehead atoms. The van der Waals surface area contributed by atoms with Gasteiger partial charge in [0.1, 0.15) is 5.75 Å². The van der Waals surface area contributed by atoms with Crippen LogP contribution < -0.4 is 15.5 Å². The number of anilines is 2. The van der Waals surface area contributed by atoms with Crippen LogP contribution in [0.25, 0.3) is 10.8 Å². The van der Waals surface area contributed by atoms with Gasteiger partial charge in [-0.25, -0.2) is 10.4 Å². The summed E-state index contributed by atoms with van der Waals surface area (Å²) in [7, 11) is 1.61. The van der Waals surface area contributed by atoms with Crippen molar-refractivity contribution < 1.29 is 22.7 Å². The van der Waals surface area contributed by atoms with Gasteiger partial charge in [0.2, 0.25) is 5.91 Å². The van der Waals surface area contributed by atoms with Gasteiger partial charge in [0.15, 0.2) is 5.13 Å². The third kappa shape index (κ3) is 5.52. The Labute approximate surface area is 197 Å². The number of halogens is 3. The molecule has 0 saturated heterocycles. The summed E-state index contributed by atoms with van der Waals surface area (Å²) in [5.74, 6) is 0.375. The lowest BCUT2D eigenvalue weighted by Gasteiger charge is -2.08. The summed E-state index contributed by atoms with van der Waals surface area (Å²) in [6, 6.07) is 16.2. The minimum atomic E-state index is -4.43. The number of hydrazone groups is 1. The fourth-order valence-electron chi connectivity index (χ4n) is 3.31. The fourth-order valence-corrected chi connectivity index (χ4v) is 4.04. The summed E-state index contributed by atoms with van der Waals surface area (Å²) in [5.41, 5.74) is 3.27. The molecule has 4 aromatic rings. The molecule has 2 N–H and O–H groups in total. The van der Waals surface area contributed by atoms with Gasteiger partial charge >= 0.3 is 6.18 Å². The van der Waals surface area contributed by atoms with E-state index in [1.54, 1.807) is 18.7 Å². The topological polar surface area (TPSA) is 75.6 Å². The number of amides is 1. The molecule has 1 aromatic heterocycles. The Morgan fingerprint density at radius 2 is 1.91 bits per heavy atom. The highest BCUT2D eigenvalue weighted by Gasteiger charge is 2.30. The summed E-state index contributed by atoms with van der Waals surface area (Å²) < 4.78 is 44.0. The van der Waals surface area contributed by atoms with Gasteiger partial charge in [-0.15, -0.1) is 11.3 Å². The van der Waals surface area contributed by atoms with Gasteiger partial charge in [-0.05, 0) is 35.7 Å². The van der Waals surface area contributed by atoms with Gasteiger partial charge in [0.05, 0.1) is 31.0 Å². The van der Waals surface area contributed by atoms with Crippen LogP contribution in [0.1, 0.15) is 16.8 Å². The maximum Gasteiger partial charge on any atom is 0.416 e. The van der Waals surface area contributed by atoms with Crippen LogP contribution in [-0.4, -0.2) is 24.2 Å². The number of nitrogens with zero attached hydrogens (tertiary/aromatic N) is 2. The van der Waals surface area contributed by atoms with Gasteiger partial charge in [0, 0.05) is 22.0 Å². The predicted octanol–water partition coefficient (Wildman–Crippen LogP) is 5.76. The first kappa shape index (κ1) is 23.2. The lowest BCUT2D eigenvalue weighted by atomic mass is 10.0. The van der Waals surface area contributed by atoms with Crippen molar-refractivity contribution in [2.24, 2.45) is 5.10 Å². The minimum Gasteiger partial charge on any atom is -0.496 e. The second kappa shape index (κ2) is 9.92. The first-order chi connectivity index (χ1) is 16.3. The standard InChI is InChI=1S/C24H19F3N4O2S/c1-33-21-10-9-15(19-7-2-3-8-20(19)21)13-28-31-22(32)12-18-14-34-23(30-18)29-17-6-4-5-16(11-17)24(25,26)27/h2-11,13-14H,12H2,1H3,(H,29,30)(H,31,32)/b28-13-. The molecule has 0 radical (unpaired) electrons. The number of fused-ring (bicyclic) bond motifs is 1. The summed E-state index contributed by atoms with van der Waals surface area (Å²) in [6.45, 7) is 0. The van der Waals surface area contributed by atoms with Crippen molar-refractivity contribution in [3.05, 3.63) is 82.9 Å². The molecule has 4 rings (SSSR count). The third-order valence-corrected chi connectivity index (χ3v) is 5.67. The quantitative estimate of drug-likeness (QED) is 0.258. The molecular formula is C24H19F3N4O2S. The first-order valence-corrected chi connectivity index (χ1v) is 11.0. The van der Waals surface area contributed by atoms with Crippen molar-refractivity contribution in [1.82, 2.24) is 10.4 Å². The molecule has 0 aliphatic heterocycles. The zero-order valence-corrected chi connectivity index (χ0v) is 18.7. The lowest BCUT2D eigenvalue weighted by Crippen LogP contribution is -2.20. The number of hydrogen-bond donors (Lipinski definition) is 2.